The van der Waals surface area contributed by atoms with E-state index in [0.29, 0.717) is 15.7 Å². The van der Waals surface area contributed by atoms with Gasteiger partial charge >= 0.3 is 5.97 Å². The van der Waals surface area contributed by atoms with E-state index in [1.54, 1.807) is 26.0 Å². The van der Waals surface area contributed by atoms with Gasteiger partial charge in [-0.2, -0.15) is 0 Å². The second-order valence-electron chi connectivity index (χ2n) is 4.80. The van der Waals surface area contributed by atoms with Crippen molar-refractivity contribution in [2.45, 2.75) is 24.8 Å². The number of carbonyl (C=O) groups excluding carboxylic acids is 1. The number of thioether (sulfide) groups is 1. The molecule has 1 aromatic heterocycles. The Labute approximate surface area is 147 Å². The van der Waals surface area contributed by atoms with Gasteiger partial charge in [0.2, 0.25) is 5.91 Å². The van der Waals surface area contributed by atoms with Crippen molar-refractivity contribution in [3.8, 4) is 0 Å². The van der Waals surface area contributed by atoms with Crippen molar-refractivity contribution in [2.24, 2.45) is 0 Å². The molecule has 8 heteroatoms. The van der Waals surface area contributed by atoms with Gasteiger partial charge in [-0.15, -0.1) is 23.1 Å². The molecule has 2 aromatic rings. The molecule has 1 unspecified atom stereocenters. The third-order valence-corrected chi connectivity index (χ3v) is 5.53. The van der Waals surface area contributed by atoms with E-state index in [0.717, 1.165) is 16.2 Å². The summed E-state index contributed by atoms with van der Waals surface area (Å²) in [6.45, 7) is 3.43. The van der Waals surface area contributed by atoms with Gasteiger partial charge in [0, 0.05) is 9.92 Å². The highest BCUT2D eigenvalue weighted by molar-refractivity contribution is 8.00. The topological polar surface area (TPSA) is 79.3 Å². The van der Waals surface area contributed by atoms with Gasteiger partial charge in [-0.1, -0.05) is 11.6 Å². The molecule has 23 heavy (non-hydrogen) atoms. The van der Waals surface area contributed by atoms with E-state index >= 15 is 0 Å². The number of hydrogen-bond acceptors (Lipinski definition) is 5. The zero-order valence-corrected chi connectivity index (χ0v) is 14.9. The summed E-state index contributed by atoms with van der Waals surface area (Å²) in [5.41, 5.74) is 0.467. The van der Waals surface area contributed by atoms with Gasteiger partial charge in [0.25, 0.3) is 0 Å². The lowest BCUT2D eigenvalue weighted by molar-refractivity contribution is -0.119. The second kappa shape index (κ2) is 7.81. The lowest BCUT2D eigenvalue weighted by Crippen LogP contribution is -2.28. The van der Waals surface area contributed by atoms with Crippen LogP contribution in [0.25, 0.3) is 0 Å². The molecule has 1 heterocycles. The molecule has 1 atom stereocenters. The number of aromatic carboxylic acids is 1. The van der Waals surface area contributed by atoms with Crippen LogP contribution in [0, 0.1) is 6.92 Å². The van der Waals surface area contributed by atoms with Gasteiger partial charge in [-0.05, 0) is 38.1 Å². The minimum absolute atomic E-state index is 0.137. The number of nitrogens with zero attached hydrogens (tertiary/aromatic N) is 1. The summed E-state index contributed by atoms with van der Waals surface area (Å²) in [5, 5.41) is 13.1. The zero-order valence-electron chi connectivity index (χ0n) is 12.5. The Bertz CT molecular complexity index is 716. The minimum atomic E-state index is -0.997. The number of aromatic nitrogens is 1. The molecule has 1 amide bonds. The van der Waals surface area contributed by atoms with E-state index in [1.807, 2.05) is 12.1 Å². The maximum Gasteiger partial charge on any atom is 0.347 e. The fraction of sp³-hybridized carbons (Fsp3) is 0.267. The number of thiazole rings is 1. The molecule has 0 aliphatic carbocycles. The highest BCUT2D eigenvalue weighted by Crippen LogP contribution is 2.24. The Morgan fingerprint density at radius 1 is 1.39 bits per heavy atom. The summed E-state index contributed by atoms with van der Waals surface area (Å²) in [6, 6.07) is 6.93. The fourth-order valence-electron chi connectivity index (χ4n) is 1.83. The molecule has 0 bridgehead atoms. The summed E-state index contributed by atoms with van der Waals surface area (Å²) >= 11 is 8.30. The molecule has 0 radical (unpaired) electrons. The standard InChI is InChI=1S/C15H15ClN2O3S2/c1-8-13(15(20)21)23-14(18-8)9(2)17-12(19)7-22-11-5-3-10(16)4-6-11/h3-6,9H,7H2,1-2H3,(H,17,19)(H,20,21). The van der Waals surface area contributed by atoms with Crippen LogP contribution in [0.15, 0.2) is 29.2 Å². The first kappa shape index (κ1) is 17.8. The summed E-state index contributed by atoms with van der Waals surface area (Å²) in [5.74, 6) is -0.868. The number of rotatable bonds is 6. The van der Waals surface area contributed by atoms with Gasteiger partial charge in [-0.3, -0.25) is 4.79 Å². The molecular weight excluding hydrogens is 356 g/mol. The first-order chi connectivity index (χ1) is 10.9. The van der Waals surface area contributed by atoms with Gasteiger partial charge in [-0.25, -0.2) is 9.78 Å². The summed E-state index contributed by atoms with van der Waals surface area (Å²) in [6.07, 6.45) is 0. The van der Waals surface area contributed by atoms with Gasteiger partial charge in [0.05, 0.1) is 17.5 Å². The number of halogens is 1. The second-order valence-corrected chi connectivity index (χ2v) is 7.32. The molecule has 0 aliphatic rings. The zero-order chi connectivity index (χ0) is 17.0. The minimum Gasteiger partial charge on any atom is -0.477 e. The van der Waals surface area contributed by atoms with Crippen molar-refractivity contribution in [1.29, 1.82) is 0 Å². The average Bonchev–Trinajstić information content (AvgIpc) is 2.89. The van der Waals surface area contributed by atoms with Crippen LogP contribution in [0.2, 0.25) is 5.02 Å². The van der Waals surface area contributed by atoms with Crippen molar-refractivity contribution in [1.82, 2.24) is 10.3 Å². The van der Waals surface area contributed by atoms with E-state index in [1.165, 1.54) is 11.8 Å². The number of carbonyl (C=O) groups is 2. The number of hydrogen-bond donors (Lipinski definition) is 2. The molecule has 1 aromatic carbocycles. The number of benzene rings is 1. The molecule has 0 saturated heterocycles. The fourth-order valence-corrected chi connectivity index (χ4v) is 3.57. The quantitative estimate of drug-likeness (QED) is 0.756. The van der Waals surface area contributed by atoms with Crippen LogP contribution in [-0.2, 0) is 4.79 Å². The predicted octanol–water partition coefficient (Wildman–Crippen LogP) is 3.77. The van der Waals surface area contributed by atoms with E-state index in [-0.39, 0.29) is 22.6 Å². The smallest absolute Gasteiger partial charge is 0.347 e. The van der Waals surface area contributed by atoms with Crippen LogP contribution in [0.1, 0.15) is 33.3 Å². The SMILES string of the molecule is Cc1nc(C(C)NC(=O)CSc2ccc(Cl)cc2)sc1C(=O)O. The van der Waals surface area contributed by atoms with Crippen molar-refractivity contribution in [3.63, 3.8) is 0 Å². The summed E-state index contributed by atoms with van der Waals surface area (Å²) in [4.78, 5) is 28.4. The van der Waals surface area contributed by atoms with Crippen molar-refractivity contribution >= 4 is 46.6 Å². The van der Waals surface area contributed by atoms with Crippen molar-refractivity contribution in [2.75, 3.05) is 5.75 Å². The van der Waals surface area contributed by atoms with E-state index < -0.39 is 5.97 Å². The highest BCUT2D eigenvalue weighted by atomic mass is 35.5. The van der Waals surface area contributed by atoms with Gasteiger partial charge in [0.15, 0.2) is 0 Å². The van der Waals surface area contributed by atoms with E-state index in [4.69, 9.17) is 16.7 Å². The van der Waals surface area contributed by atoms with Crippen LogP contribution in [-0.4, -0.2) is 27.7 Å². The van der Waals surface area contributed by atoms with Gasteiger partial charge in [0.1, 0.15) is 9.88 Å². The Morgan fingerprint density at radius 3 is 2.61 bits per heavy atom. The number of nitrogens with one attached hydrogen (secondary N) is 1. The Balaban J connectivity index is 1.90. The van der Waals surface area contributed by atoms with Crippen LogP contribution < -0.4 is 5.32 Å². The Kier molecular flexibility index (Phi) is 6.04. The Morgan fingerprint density at radius 2 is 2.04 bits per heavy atom. The number of carboxylic acid groups (broad SMARTS) is 1. The number of amides is 1. The maximum absolute atomic E-state index is 12.0. The van der Waals surface area contributed by atoms with Crippen molar-refractivity contribution in [3.05, 3.63) is 44.9 Å². The van der Waals surface area contributed by atoms with Crippen LogP contribution >= 0.6 is 34.7 Å². The molecule has 122 valence electrons. The van der Waals surface area contributed by atoms with Crippen LogP contribution in [0.3, 0.4) is 0 Å². The summed E-state index contributed by atoms with van der Waals surface area (Å²) < 4.78 is 0. The molecule has 0 aliphatic heterocycles. The lowest BCUT2D eigenvalue weighted by Gasteiger charge is -2.11. The molecule has 5 nitrogen and oxygen atoms in total. The first-order valence-corrected chi connectivity index (χ1v) is 8.93. The highest BCUT2D eigenvalue weighted by Gasteiger charge is 2.19. The summed E-state index contributed by atoms with van der Waals surface area (Å²) in [7, 11) is 0. The normalized spacial score (nSPS) is 12.0. The average molecular weight is 371 g/mol. The molecule has 2 rings (SSSR count). The number of carboxylic acids is 1. The third kappa shape index (κ3) is 4.95. The molecule has 0 saturated carbocycles. The van der Waals surface area contributed by atoms with Crippen LogP contribution in [0.5, 0.6) is 0 Å². The molecular formula is C15H15ClN2O3S2. The lowest BCUT2D eigenvalue weighted by atomic mass is 10.3. The maximum atomic E-state index is 12.0. The number of aryl methyl sites for hydroxylation is 1. The van der Waals surface area contributed by atoms with E-state index in [2.05, 4.69) is 10.3 Å². The first-order valence-electron chi connectivity index (χ1n) is 6.75. The molecule has 0 fully saturated rings. The molecule has 0 spiro atoms. The largest absolute Gasteiger partial charge is 0.477 e. The third-order valence-electron chi connectivity index (χ3n) is 2.94. The van der Waals surface area contributed by atoms with Crippen molar-refractivity contribution < 1.29 is 14.7 Å². The predicted molar refractivity (Wildman–Crippen MR) is 92.5 cm³/mol. The Hall–Kier alpha value is -1.57. The van der Waals surface area contributed by atoms with Gasteiger partial charge < -0.3 is 10.4 Å². The van der Waals surface area contributed by atoms with Crippen LogP contribution in [0.4, 0.5) is 0 Å². The molecule has 2 N–H and O–H groups in total. The monoisotopic (exact) mass is 370 g/mol. The van der Waals surface area contributed by atoms with E-state index in [9.17, 15) is 9.59 Å².